The molecule has 140 valence electrons. The van der Waals surface area contributed by atoms with Crippen LogP contribution in [-0.2, 0) is 19.5 Å². The summed E-state index contributed by atoms with van der Waals surface area (Å²) >= 11 is 1.89. The van der Waals surface area contributed by atoms with Gasteiger partial charge in [-0.25, -0.2) is 0 Å². The molecule has 0 unspecified atom stereocenters. The molecule has 1 fully saturated rings. The van der Waals surface area contributed by atoms with Crippen LogP contribution < -0.4 is 0 Å². The van der Waals surface area contributed by atoms with Crippen LogP contribution in [0.3, 0.4) is 0 Å². The SMILES string of the molecule is c1ccc(CN2CCN(Cc3ccccc3)[C@@H](CCc3cccs3)C2)cc1. The monoisotopic (exact) mass is 376 g/mol. The molecule has 3 aromatic rings. The largest absolute Gasteiger partial charge is 0.296 e. The Morgan fingerprint density at radius 2 is 1.48 bits per heavy atom. The van der Waals surface area contributed by atoms with Gasteiger partial charge in [-0.2, -0.15) is 0 Å². The quantitative estimate of drug-likeness (QED) is 0.568. The van der Waals surface area contributed by atoms with Crippen LogP contribution in [-0.4, -0.2) is 35.5 Å². The minimum atomic E-state index is 0.616. The van der Waals surface area contributed by atoms with Crippen LogP contribution in [0.5, 0.6) is 0 Å². The smallest absolute Gasteiger partial charge is 0.0237 e. The molecule has 1 atom stereocenters. The van der Waals surface area contributed by atoms with Crippen molar-refractivity contribution in [1.82, 2.24) is 9.80 Å². The third-order valence-electron chi connectivity index (χ3n) is 5.47. The van der Waals surface area contributed by atoms with Crippen molar-refractivity contribution in [1.29, 1.82) is 0 Å². The molecule has 0 radical (unpaired) electrons. The van der Waals surface area contributed by atoms with E-state index < -0.39 is 0 Å². The van der Waals surface area contributed by atoms with Gasteiger partial charge in [0.2, 0.25) is 0 Å². The van der Waals surface area contributed by atoms with Gasteiger partial charge in [-0.3, -0.25) is 9.80 Å². The lowest BCUT2D eigenvalue weighted by atomic mass is 10.0. The van der Waals surface area contributed by atoms with Gasteiger partial charge in [0.1, 0.15) is 0 Å². The third kappa shape index (κ3) is 5.29. The molecule has 2 heterocycles. The summed E-state index contributed by atoms with van der Waals surface area (Å²) in [6.07, 6.45) is 2.42. The van der Waals surface area contributed by atoms with Crippen LogP contribution in [0, 0.1) is 0 Å². The second-order valence-corrected chi connectivity index (χ2v) is 8.48. The van der Waals surface area contributed by atoms with Crippen molar-refractivity contribution in [3.63, 3.8) is 0 Å². The predicted molar refractivity (Wildman–Crippen MR) is 115 cm³/mol. The average Bonchev–Trinajstić information content (AvgIpc) is 3.23. The van der Waals surface area contributed by atoms with Crippen LogP contribution >= 0.6 is 11.3 Å². The molecule has 2 nitrogen and oxygen atoms in total. The van der Waals surface area contributed by atoms with Gasteiger partial charge in [0, 0.05) is 43.6 Å². The fraction of sp³-hybridized carbons (Fsp3) is 0.333. The van der Waals surface area contributed by atoms with E-state index in [1.807, 2.05) is 11.3 Å². The normalized spacial score (nSPS) is 18.6. The highest BCUT2D eigenvalue weighted by Gasteiger charge is 2.26. The van der Waals surface area contributed by atoms with Crippen molar-refractivity contribution in [2.24, 2.45) is 0 Å². The zero-order valence-corrected chi connectivity index (χ0v) is 16.7. The lowest BCUT2D eigenvalue weighted by molar-refractivity contribution is 0.0598. The van der Waals surface area contributed by atoms with E-state index in [0.29, 0.717) is 6.04 Å². The second-order valence-electron chi connectivity index (χ2n) is 7.45. The molecule has 3 heteroatoms. The predicted octanol–water partition coefficient (Wildman–Crippen LogP) is 5.07. The fourth-order valence-corrected chi connectivity index (χ4v) is 4.73. The zero-order chi connectivity index (χ0) is 18.3. The lowest BCUT2D eigenvalue weighted by Gasteiger charge is -2.41. The molecule has 0 bridgehead atoms. The van der Waals surface area contributed by atoms with Crippen molar-refractivity contribution >= 4 is 11.3 Å². The molecule has 0 aliphatic carbocycles. The Morgan fingerprint density at radius 3 is 2.15 bits per heavy atom. The Balaban J connectivity index is 1.42. The van der Waals surface area contributed by atoms with Gasteiger partial charge in [-0.15, -0.1) is 11.3 Å². The summed E-state index contributed by atoms with van der Waals surface area (Å²) in [6.45, 7) is 5.59. The first-order valence-electron chi connectivity index (χ1n) is 9.93. The van der Waals surface area contributed by atoms with E-state index in [4.69, 9.17) is 0 Å². The van der Waals surface area contributed by atoms with E-state index >= 15 is 0 Å². The van der Waals surface area contributed by atoms with Gasteiger partial charge in [-0.1, -0.05) is 66.7 Å². The molecule has 1 aliphatic rings. The molecule has 4 rings (SSSR count). The average molecular weight is 377 g/mol. The van der Waals surface area contributed by atoms with E-state index in [1.165, 1.54) is 28.8 Å². The maximum absolute atomic E-state index is 2.70. The van der Waals surface area contributed by atoms with Gasteiger partial charge in [0.15, 0.2) is 0 Å². The van der Waals surface area contributed by atoms with E-state index in [2.05, 4.69) is 88.0 Å². The van der Waals surface area contributed by atoms with Crippen molar-refractivity contribution in [2.45, 2.75) is 32.0 Å². The molecule has 1 aromatic heterocycles. The third-order valence-corrected chi connectivity index (χ3v) is 6.41. The van der Waals surface area contributed by atoms with Crippen LogP contribution in [0.25, 0.3) is 0 Å². The number of benzene rings is 2. The molecule has 0 amide bonds. The highest BCUT2D eigenvalue weighted by atomic mass is 32.1. The first kappa shape index (κ1) is 18.4. The van der Waals surface area contributed by atoms with Gasteiger partial charge >= 0.3 is 0 Å². The summed E-state index contributed by atoms with van der Waals surface area (Å²) in [5.74, 6) is 0. The number of thiophene rings is 1. The maximum atomic E-state index is 2.70. The highest BCUT2D eigenvalue weighted by Crippen LogP contribution is 2.21. The summed E-state index contributed by atoms with van der Waals surface area (Å²) in [5, 5.41) is 2.19. The molecule has 1 aliphatic heterocycles. The van der Waals surface area contributed by atoms with E-state index in [9.17, 15) is 0 Å². The van der Waals surface area contributed by atoms with Crippen molar-refractivity contribution < 1.29 is 0 Å². The maximum Gasteiger partial charge on any atom is 0.0237 e. The number of aryl methyl sites for hydroxylation is 1. The highest BCUT2D eigenvalue weighted by molar-refractivity contribution is 7.09. The molecular weight excluding hydrogens is 348 g/mol. The fourth-order valence-electron chi connectivity index (χ4n) is 4.01. The van der Waals surface area contributed by atoms with Gasteiger partial charge in [0.25, 0.3) is 0 Å². The Labute approximate surface area is 167 Å². The second kappa shape index (κ2) is 9.32. The first-order valence-corrected chi connectivity index (χ1v) is 10.8. The summed E-state index contributed by atoms with van der Waals surface area (Å²) in [7, 11) is 0. The van der Waals surface area contributed by atoms with Crippen LogP contribution in [0.15, 0.2) is 78.2 Å². The summed E-state index contributed by atoms with van der Waals surface area (Å²) < 4.78 is 0. The van der Waals surface area contributed by atoms with E-state index in [0.717, 1.165) is 32.7 Å². The molecule has 2 aromatic carbocycles. The number of hydrogen-bond acceptors (Lipinski definition) is 3. The minimum Gasteiger partial charge on any atom is -0.296 e. The van der Waals surface area contributed by atoms with Crippen LogP contribution in [0.2, 0.25) is 0 Å². The first-order chi connectivity index (χ1) is 13.4. The van der Waals surface area contributed by atoms with Gasteiger partial charge in [-0.05, 0) is 35.4 Å². The molecule has 1 saturated heterocycles. The summed E-state index contributed by atoms with van der Waals surface area (Å²) in [4.78, 5) is 6.84. The number of rotatable bonds is 7. The molecule has 0 spiro atoms. The van der Waals surface area contributed by atoms with Crippen LogP contribution in [0.1, 0.15) is 22.4 Å². The molecule has 27 heavy (non-hydrogen) atoms. The molecule has 0 saturated carbocycles. The van der Waals surface area contributed by atoms with Crippen molar-refractivity contribution in [3.8, 4) is 0 Å². The van der Waals surface area contributed by atoms with Crippen LogP contribution in [0.4, 0.5) is 0 Å². The van der Waals surface area contributed by atoms with Gasteiger partial charge in [0.05, 0.1) is 0 Å². The minimum absolute atomic E-state index is 0.616. The lowest BCUT2D eigenvalue weighted by Crippen LogP contribution is -2.52. The summed E-state index contributed by atoms with van der Waals surface area (Å²) in [5.41, 5.74) is 2.85. The van der Waals surface area contributed by atoms with Crippen molar-refractivity contribution in [2.75, 3.05) is 19.6 Å². The Morgan fingerprint density at radius 1 is 0.778 bits per heavy atom. The number of hydrogen-bond donors (Lipinski definition) is 0. The van der Waals surface area contributed by atoms with E-state index in [-0.39, 0.29) is 0 Å². The van der Waals surface area contributed by atoms with Gasteiger partial charge < -0.3 is 0 Å². The van der Waals surface area contributed by atoms with Crippen molar-refractivity contribution in [3.05, 3.63) is 94.2 Å². The Hall–Kier alpha value is -1.94. The van der Waals surface area contributed by atoms with E-state index in [1.54, 1.807) is 0 Å². The topological polar surface area (TPSA) is 6.48 Å². The zero-order valence-electron chi connectivity index (χ0n) is 15.8. The molecule has 0 N–H and O–H groups in total. The Bertz CT molecular complexity index is 786. The number of nitrogens with zero attached hydrogens (tertiary/aromatic N) is 2. The Kier molecular flexibility index (Phi) is 6.36. The number of piperazine rings is 1. The molecular formula is C24H28N2S. The standard InChI is InChI=1S/C24H28N2S/c1-3-8-21(9-4-1)18-25-15-16-26(19-22-10-5-2-6-11-22)23(20-25)13-14-24-12-7-17-27-24/h1-12,17,23H,13-16,18-20H2/t23-/m0/s1. The summed E-state index contributed by atoms with van der Waals surface area (Å²) in [6, 6.07) is 26.9.